The first-order valence-corrected chi connectivity index (χ1v) is 11.3. The van der Waals surface area contributed by atoms with Crippen LogP contribution < -0.4 is 9.64 Å². The highest BCUT2D eigenvalue weighted by Crippen LogP contribution is 2.41. The number of carbonyl (C=O) groups is 1. The van der Waals surface area contributed by atoms with Gasteiger partial charge in [-0.05, 0) is 44.0 Å². The van der Waals surface area contributed by atoms with Crippen molar-refractivity contribution in [3.8, 4) is 28.3 Å². The van der Waals surface area contributed by atoms with Crippen LogP contribution in [0.5, 0.6) is 5.75 Å². The Labute approximate surface area is 192 Å². The third kappa shape index (κ3) is 3.91. The second-order valence-electron chi connectivity index (χ2n) is 8.01. The van der Waals surface area contributed by atoms with Crippen molar-refractivity contribution in [2.75, 3.05) is 24.6 Å². The van der Waals surface area contributed by atoms with Gasteiger partial charge in [-0.15, -0.1) is 0 Å². The zero-order chi connectivity index (χ0) is 22.1. The molecule has 164 valence electrons. The number of fused-ring (bicyclic) bond motifs is 3. The predicted molar refractivity (Wildman–Crippen MR) is 124 cm³/mol. The number of piperidine rings is 1. The molecule has 0 N–H and O–H groups in total. The average Bonchev–Trinajstić information content (AvgIpc) is 2.83. The highest BCUT2D eigenvalue weighted by Gasteiger charge is 2.30. The maximum Gasteiger partial charge on any atom is 0.309 e. The van der Waals surface area contributed by atoms with Crippen molar-refractivity contribution in [2.45, 2.75) is 26.4 Å². The second-order valence-corrected chi connectivity index (χ2v) is 8.44. The summed E-state index contributed by atoms with van der Waals surface area (Å²) in [6.45, 7) is 4.06. The molecule has 3 aromatic rings. The van der Waals surface area contributed by atoms with E-state index in [9.17, 15) is 4.79 Å². The Bertz CT molecular complexity index is 1160. The van der Waals surface area contributed by atoms with Crippen LogP contribution >= 0.6 is 11.6 Å². The molecule has 0 saturated carbocycles. The molecule has 6 nitrogen and oxygen atoms in total. The summed E-state index contributed by atoms with van der Waals surface area (Å²) in [6, 6.07) is 15.6. The first-order valence-electron chi connectivity index (χ1n) is 10.9. The second kappa shape index (κ2) is 8.79. The average molecular weight is 450 g/mol. The van der Waals surface area contributed by atoms with Crippen LogP contribution in [0.4, 0.5) is 5.95 Å². The van der Waals surface area contributed by atoms with Crippen LogP contribution in [0.2, 0.25) is 5.02 Å². The van der Waals surface area contributed by atoms with Crippen molar-refractivity contribution < 1.29 is 14.3 Å². The Balaban J connectivity index is 1.55. The molecule has 0 amide bonds. The molecule has 7 heteroatoms. The van der Waals surface area contributed by atoms with E-state index in [4.69, 9.17) is 31.0 Å². The number of hydrogen-bond acceptors (Lipinski definition) is 6. The van der Waals surface area contributed by atoms with Gasteiger partial charge in [-0.25, -0.2) is 9.97 Å². The lowest BCUT2D eigenvalue weighted by molar-refractivity contribution is -0.148. The lowest BCUT2D eigenvalue weighted by atomic mass is 9.96. The molecule has 32 heavy (non-hydrogen) atoms. The molecular formula is C25H24ClN3O3. The fourth-order valence-electron chi connectivity index (χ4n) is 4.36. The molecule has 3 heterocycles. The molecule has 0 unspecified atom stereocenters. The third-order valence-electron chi connectivity index (χ3n) is 6.01. The lowest BCUT2D eigenvalue weighted by Gasteiger charge is -2.32. The first kappa shape index (κ1) is 20.8. The normalized spacial score (nSPS) is 15.5. The van der Waals surface area contributed by atoms with Crippen LogP contribution in [0.15, 0.2) is 48.5 Å². The number of halogens is 1. The summed E-state index contributed by atoms with van der Waals surface area (Å²) in [5.41, 5.74) is 4.56. The molecule has 0 spiro atoms. The van der Waals surface area contributed by atoms with Crippen molar-refractivity contribution in [2.24, 2.45) is 5.92 Å². The standard InChI is InChI=1S/C25H24ClN3O3/c1-2-31-24(30)16-10-12-29(13-11-16)25-27-22(17-6-5-7-18(26)14-17)20-15-32-21-9-4-3-8-19(21)23(20)28-25/h3-9,14,16H,2,10-13,15H2,1H3. The minimum Gasteiger partial charge on any atom is -0.488 e. The van der Waals surface area contributed by atoms with Gasteiger partial charge in [0.15, 0.2) is 0 Å². The van der Waals surface area contributed by atoms with Gasteiger partial charge in [0, 0.05) is 34.8 Å². The van der Waals surface area contributed by atoms with Crippen molar-refractivity contribution in [3.63, 3.8) is 0 Å². The topological polar surface area (TPSA) is 64.5 Å². The quantitative estimate of drug-likeness (QED) is 0.514. The molecule has 2 aliphatic rings. The Morgan fingerprint density at radius 3 is 2.69 bits per heavy atom. The highest BCUT2D eigenvalue weighted by atomic mass is 35.5. The van der Waals surface area contributed by atoms with Gasteiger partial charge in [0.1, 0.15) is 12.4 Å². The van der Waals surface area contributed by atoms with Gasteiger partial charge in [0.25, 0.3) is 0 Å². The van der Waals surface area contributed by atoms with E-state index in [0.717, 1.165) is 46.7 Å². The molecule has 2 aromatic carbocycles. The number of benzene rings is 2. The summed E-state index contributed by atoms with van der Waals surface area (Å²) in [5.74, 6) is 1.31. The van der Waals surface area contributed by atoms with Gasteiger partial charge in [0.2, 0.25) is 5.95 Å². The molecule has 2 aliphatic heterocycles. The Hall–Kier alpha value is -3.12. The zero-order valence-corrected chi connectivity index (χ0v) is 18.6. The molecule has 0 aliphatic carbocycles. The molecule has 1 fully saturated rings. The predicted octanol–water partition coefficient (Wildman–Crippen LogP) is 5.14. The van der Waals surface area contributed by atoms with Crippen LogP contribution in [0.1, 0.15) is 25.3 Å². The summed E-state index contributed by atoms with van der Waals surface area (Å²) >= 11 is 6.29. The van der Waals surface area contributed by atoms with E-state index in [1.54, 1.807) is 0 Å². The van der Waals surface area contributed by atoms with Crippen molar-refractivity contribution in [1.82, 2.24) is 9.97 Å². The Kier molecular flexibility index (Phi) is 5.70. The molecule has 0 bridgehead atoms. The largest absolute Gasteiger partial charge is 0.488 e. The van der Waals surface area contributed by atoms with Gasteiger partial charge < -0.3 is 14.4 Å². The molecule has 1 saturated heterocycles. The smallest absolute Gasteiger partial charge is 0.309 e. The van der Waals surface area contributed by atoms with E-state index in [0.29, 0.717) is 37.3 Å². The maximum atomic E-state index is 12.1. The van der Waals surface area contributed by atoms with E-state index in [-0.39, 0.29) is 11.9 Å². The third-order valence-corrected chi connectivity index (χ3v) is 6.24. The number of rotatable bonds is 4. The van der Waals surface area contributed by atoms with E-state index < -0.39 is 0 Å². The van der Waals surface area contributed by atoms with E-state index in [2.05, 4.69) is 4.90 Å². The van der Waals surface area contributed by atoms with Crippen LogP contribution in [0, 0.1) is 5.92 Å². The van der Waals surface area contributed by atoms with Gasteiger partial charge >= 0.3 is 5.97 Å². The SMILES string of the molecule is CCOC(=O)C1CCN(c2nc(-c3cccc(Cl)c3)c3c(n2)-c2ccccc2OC3)CC1. The Morgan fingerprint density at radius 1 is 1.12 bits per heavy atom. The summed E-state index contributed by atoms with van der Waals surface area (Å²) in [7, 11) is 0. The number of nitrogens with zero attached hydrogens (tertiary/aromatic N) is 3. The van der Waals surface area contributed by atoms with Gasteiger partial charge in [0.05, 0.1) is 23.9 Å². The molecule has 5 rings (SSSR count). The lowest BCUT2D eigenvalue weighted by Crippen LogP contribution is -2.38. The number of anilines is 1. The van der Waals surface area contributed by atoms with Crippen molar-refractivity contribution >= 4 is 23.5 Å². The number of aromatic nitrogens is 2. The summed E-state index contributed by atoms with van der Waals surface area (Å²) in [4.78, 5) is 24.2. The number of para-hydroxylation sites is 1. The monoisotopic (exact) mass is 449 g/mol. The number of carbonyl (C=O) groups excluding carboxylic acids is 1. The van der Waals surface area contributed by atoms with Gasteiger partial charge in [-0.3, -0.25) is 4.79 Å². The molecule has 0 atom stereocenters. The minimum absolute atomic E-state index is 0.0645. The highest BCUT2D eigenvalue weighted by molar-refractivity contribution is 6.30. The van der Waals surface area contributed by atoms with Crippen molar-refractivity contribution in [3.05, 3.63) is 59.1 Å². The first-order chi connectivity index (χ1) is 15.6. The summed E-state index contributed by atoms with van der Waals surface area (Å²) in [5, 5.41) is 0.656. The zero-order valence-electron chi connectivity index (χ0n) is 17.9. The van der Waals surface area contributed by atoms with Gasteiger partial charge in [-0.2, -0.15) is 0 Å². The molecule has 1 aromatic heterocycles. The van der Waals surface area contributed by atoms with Crippen molar-refractivity contribution in [1.29, 1.82) is 0 Å². The van der Waals surface area contributed by atoms with Crippen LogP contribution in [-0.4, -0.2) is 35.6 Å². The number of esters is 1. The minimum atomic E-state index is -0.107. The summed E-state index contributed by atoms with van der Waals surface area (Å²) < 4.78 is 11.2. The fraction of sp³-hybridized carbons (Fsp3) is 0.320. The molecular weight excluding hydrogens is 426 g/mol. The number of hydrogen-bond donors (Lipinski definition) is 0. The van der Waals surface area contributed by atoms with E-state index >= 15 is 0 Å². The maximum absolute atomic E-state index is 12.1. The molecule has 0 radical (unpaired) electrons. The van der Waals surface area contributed by atoms with Crippen LogP contribution in [0.25, 0.3) is 22.5 Å². The van der Waals surface area contributed by atoms with Crippen LogP contribution in [-0.2, 0) is 16.1 Å². The van der Waals surface area contributed by atoms with Crippen LogP contribution in [0.3, 0.4) is 0 Å². The summed E-state index contributed by atoms with van der Waals surface area (Å²) in [6.07, 6.45) is 1.46. The van der Waals surface area contributed by atoms with Gasteiger partial charge in [-0.1, -0.05) is 35.9 Å². The van der Waals surface area contributed by atoms with E-state index in [1.165, 1.54) is 0 Å². The number of ether oxygens (including phenoxy) is 2. The van der Waals surface area contributed by atoms with E-state index in [1.807, 2.05) is 55.5 Å². The Morgan fingerprint density at radius 2 is 1.91 bits per heavy atom. The fourth-order valence-corrected chi connectivity index (χ4v) is 4.55.